The van der Waals surface area contributed by atoms with Crippen LogP contribution in [0.5, 0.6) is 0 Å². The van der Waals surface area contributed by atoms with Crippen LogP contribution in [0.2, 0.25) is 0 Å². The molecule has 0 unspecified atom stereocenters. The van der Waals surface area contributed by atoms with Gasteiger partial charge in [-0.3, -0.25) is 0 Å². The first kappa shape index (κ1) is 13.4. The molecule has 0 fully saturated rings. The second-order valence-electron chi connectivity index (χ2n) is 4.40. The fraction of sp³-hybridized carbons (Fsp3) is 0.333. The zero-order valence-corrected chi connectivity index (χ0v) is 10.7. The molecule has 0 heterocycles. The van der Waals surface area contributed by atoms with Gasteiger partial charge in [0, 0.05) is 5.56 Å². The number of benzene rings is 1. The molecule has 0 radical (unpaired) electrons. The summed E-state index contributed by atoms with van der Waals surface area (Å²) in [4.78, 5) is 0. The quantitative estimate of drug-likeness (QED) is 0.642. The van der Waals surface area contributed by atoms with Crippen LogP contribution in [0.3, 0.4) is 0 Å². The van der Waals surface area contributed by atoms with Crippen molar-refractivity contribution in [2.24, 2.45) is 0 Å². The summed E-state index contributed by atoms with van der Waals surface area (Å²) >= 11 is 0. The van der Waals surface area contributed by atoms with Gasteiger partial charge in [-0.2, -0.15) is 0 Å². The zero-order valence-electron chi connectivity index (χ0n) is 9.13. The Morgan fingerprint density at radius 1 is 1.29 bits per heavy atom. The number of hydrogen-bond acceptors (Lipinski definition) is 0. The predicted octanol–water partition coefficient (Wildman–Crippen LogP) is -0.460. The van der Waals surface area contributed by atoms with Gasteiger partial charge in [0.1, 0.15) is 6.54 Å². The second kappa shape index (κ2) is 5.32. The molecule has 0 N–H and O–H groups in total. The molecular formula is C12H18BrN. The molecule has 0 aliphatic carbocycles. The van der Waals surface area contributed by atoms with Crippen LogP contribution in [-0.4, -0.2) is 25.6 Å². The lowest BCUT2D eigenvalue weighted by molar-refractivity contribution is -0.884. The molecule has 1 rings (SSSR count). The summed E-state index contributed by atoms with van der Waals surface area (Å²) in [6.45, 7) is 4.82. The highest BCUT2D eigenvalue weighted by molar-refractivity contribution is 5.47. The minimum Gasteiger partial charge on any atom is -1.00 e. The minimum absolute atomic E-state index is 0. The van der Waals surface area contributed by atoms with Crippen LogP contribution in [-0.2, 0) is 6.54 Å². The van der Waals surface area contributed by atoms with Gasteiger partial charge in [0.2, 0.25) is 0 Å². The Hall–Kier alpha value is -0.600. The number of hydrogen-bond donors (Lipinski definition) is 0. The number of quaternary nitrogens is 1. The Balaban J connectivity index is 0.00000169. The van der Waals surface area contributed by atoms with Gasteiger partial charge < -0.3 is 21.5 Å². The molecule has 2 heteroatoms. The maximum Gasteiger partial charge on any atom is 0.104 e. The topological polar surface area (TPSA) is 0 Å². The molecule has 0 aliphatic heterocycles. The van der Waals surface area contributed by atoms with Crippen molar-refractivity contribution in [3.63, 3.8) is 0 Å². The first-order valence-electron chi connectivity index (χ1n) is 4.53. The highest BCUT2D eigenvalue weighted by Crippen LogP contribution is 2.10. The maximum atomic E-state index is 3.76. The third-order valence-electron chi connectivity index (χ3n) is 1.84. The third-order valence-corrected chi connectivity index (χ3v) is 1.84. The summed E-state index contributed by atoms with van der Waals surface area (Å²) in [5.41, 5.74) is 2.57. The first-order valence-corrected chi connectivity index (χ1v) is 4.53. The molecule has 0 aliphatic rings. The Bertz CT molecular complexity index is 299. The van der Waals surface area contributed by atoms with Crippen molar-refractivity contribution in [1.82, 2.24) is 0 Å². The van der Waals surface area contributed by atoms with Crippen molar-refractivity contribution in [1.29, 1.82) is 0 Å². The fourth-order valence-electron chi connectivity index (χ4n) is 1.37. The van der Waals surface area contributed by atoms with Crippen LogP contribution in [0, 0.1) is 0 Å². The highest BCUT2D eigenvalue weighted by atomic mass is 79.9. The average molecular weight is 256 g/mol. The lowest BCUT2D eigenvalue weighted by Gasteiger charge is -2.23. The van der Waals surface area contributed by atoms with E-state index in [0.717, 1.165) is 11.0 Å². The molecule has 0 amide bonds. The number of rotatable bonds is 3. The van der Waals surface area contributed by atoms with Crippen molar-refractivity contribution in [2.75, 3.05) is 21.1 Å². The molecule has 1 aromatic carbocycles. The van der Waals surface area contributed by atoms with E-state index in [0.29, 0.717) is 0 Å². The van der Waals surface area contributed by atoms with Crippen LogP contribution in [0.25, 0.3) is 6.08 Å². The van der Waals surface area contributed by atoms with Gasteiger partial charge in [-0.1, -0.05) is 30.9 Å². The maximum absolute atomic E-state index is 3.76. The van der Waals surface area contributed by atoms with E-state index in [1.165, 1.54) is 11.1 Å². The van der Waals surface area contributed by atoms with E-state index in [1.54, 1.807) is 0 Å². The predicted molar refractivity (Wildman–Crippen MR) is 58.3 cm³/mol. The van der Waals surface area contributed by atoms with Crippen LogP contribution in [0.15, 0.2) is 30.8 Å². The van der Waals surface area contributed by atoms with Crippen molar-refractivity contribution >= 4 is 6.08 Å². The fourth-order valence-corrected chi connectivity index (χ4v) is 1.37. The lowest BCUT2D eigenvalue weighted by Crippen LogP contribution is -3.00. The standard InChI is InChI=1S/C12H18N.BrH/c1-5-11-7-6-8-12(9-11)10-13(2,3)4;/h5-9H,1,10H2,2-4H3;1H/q+1;/p-1. The molecule has 14 heavy (non-hydrogen) atoms. The highest BCUT2D eigenvalue weighted by Gasteiger charge is 2.07. The van der Waals surface area contributed by atoms with Crippen LogP contribution < -0.4 is 17.0 Å². The van der Waals surface area contributed by atoms with Crippen molar-refractivity contribution in [3.05, 3.63) is 42.0 Å². The lowest BCUT2D eigenvalue weighted by atomic mass is 10.1. The summed E-state index contributed by atoms with van der Waals surface area (Å²) in [6, 6.07) is 8.52. The Labute approximate surface area is 97.4 Å². The van der Waals surface area contributed by atoms with Crippen LogP contribution in [0.1, 0.15) is 11.1 Å². The Morgan fingerprint density at radius 3 is 2.43 bits per heavy atom. The van der Waals surface area contributed by atoms with E-state index in [1.807, 2.05) is 6.08 Å². The summed E-state index contributed by atoms with van der Waals surface area (Å²) in [7, 11) is 6.59. The molecule has 0 saturated heterocycles. The second-order valence-corrected chi connectivity index (χ2v) is 4.40. The van der Waals surface area contributed by atoms with E-state index in [4.69, 9.17) is 0 Å². The monoisotopic (exact) mass is 255 g/mol. The van der Waals surface area contributed by atoms with E-state index in [9.17, 15) is 0 Å². The summed E-state index contributed by atoms with van der Waals surface area (Å²) < 4.78 is 0.959. The van der Waals surface area contributed by atoms with Crippen molar-refractivity contribution in [2.45, 2.75) is 6.54 Å². The van der Waals surface area contributed by atoms with Crippen molar-refractivity contribution < 1.29 is 21.5 Å². The van der Waals surface area contributed by atoms with E-state index < -0.39 is 0 Å². The van der Waals surface area contributed by atoms with E-state index in [-0.39, 0.29) is 17.0 Å². The van der Waals surface area contributed by atoms with Gasteiger partial charge in [0.05, 0.1) is 21.1 Å². The van der Waals surface area contributed by atoms with Gasteiger partial charge in [0.25, 0.3) is 0 Å². The van der Waals surface area contributed by atoms with Crippen LogP contribution in [0.4, 0.5) is 0 Å². The van der Waals surface area contributed by atoms with E-state index >= 15 is 0 Å². The number of nitrogens with zero attached hydrogens (tertiary/aromatic N) is 1. The molecular weight excluding hydrogens is 238 g/mol. The smallest absolute Gasteiger partial charge is 0.104 e. The van der Waals surface area contributed by atoms with E-state index in [2.05, 4.69) is 52.0 Å². The van der Waals surface area contributed by atoms with Gasteiger partial charge in [-0.15, -0.1) is 0 Å². The minimum atomic E-state index is 0. The molecule has 0 saturated carbocycles. The third kappa shape index (κ3) is 4.58. The summed E-state index contributed by atoms with van der Waals surface area (Å²) in [5, 5.41) is 0. The normalized spacial score (nSPS) is 10.5. The average Bonchev–Trinajstić information content (AvgIpc) is 2.01. The van der Waals surface area contributed by atoms with Gasteiger partial charge in [0.15, 0.2) is 0 Å². The first-order chi connectivity index (χ1) is 6.01. The van der Waals surface area contributed by atoms with Gasteiger partial charge in [-0.25, -0.2) is 0 Å². The molecule has 1 nitrogen and oxygen atoms in total. The molecule has 0 spiro atoms. The molecule has 1 aromatic rings. The van der Waals surface area contributed by atoms with Gasteiger partial charge >= 0.3 is 0 Å². The summed E-state index contributed by atoms with van der Waals surface area (Å²) in [5.74, 6) is 0. The van der Waals surface area contributed by atoms with Gasteiger partial charge in [-0.05, 0) is 11.6 Å². The summed E-state index contributed by atoms with van der Waals surface area (Å²) in [6.07, 6.45) is 1.89. The zero-order chi connectivity index (χ0) is 9.90. The molecule has 0 aromatic heterocycles. The van der Waals surface area contributed by atoms with Crippen LogP contribution >= 0.6 is 0 Å². The largest absolute Gasteiger partial charge is 1.00 e. The molecule has 0 bridgehead atoms. The Kier molecular flexibility index (Phi) is 5.09. The Morgan fingerprint density at radius 2 is 1.93 bits per heavy atom. The SMILES string of the molecule is C=Cc1cccc(C[N+](C)(C)C)c1.[Br-]. The van der Waals surface area contributed by atoms with Crippen molar-refractivity contribution in [3.8, 4) is 0 Å². The number of halogens is 1. The molecule has 0 atom stereocenters. The molecule has 78 valence electrons.